The Morgan fingerprint density at radius 3 is 2.75 bits per heavy atom. The smallest absolute Gasteiger partial charge is 0.127 e. The van der Waals surface area contributed by atoms with Crippen LogP contribution in [-0.4, -0.2) is 20.7 Å². The van der Waals surface area contributed by atoms with Gasteiger partial charge in [0.15, 0.2) is 0 Å². The molecule has 0 radical (unpaired) electrons. The molecule has 1 fully saturated rings. The summed E-state index contributed by atoms with van der Waals surface area (Å²) in [6.45, 7) is 0.916. The lowest BCUT2D eigenvalue weighted by Crippen LogP contribution is -2.19. The van der Waals surface area contributed by atoms with Gasteiger partial charge in [-0.2, -0.15) is 0 Å². The maximum absolute atomic E-state index is 6.35. The van der Waals surface area contributed by atoms with Crippen molar-refractivity contribution in [1.82, 2.24) is 5.32 Å². The summed E-state index contributed by atoms with van der Waals surface area (Å²) >= 11 is 6.35. The first-order valence-corrected chi connectivity index (χ1v) is 7.81. The van der Waals surface area contributed by atoms with Crippen LogP contribution in [0.3, 0.4) is 0 Å². The molecule has 0 bridgehead atoms. The summed E-state index contributed by atoms with van der Waals surface area (Å²) < 4.78 is 5.44. The van der Waals surface area contributed by atoms with Crippen LogP contribution in [0.2, 0.25) is 5.02 Å². The van der Waals surface area contributed by atoms with E-state index in [0.29, 0.717) is 5.92 Å². The van der Waals surface area contributed by atoms with Crippen molar-refractivity contribution in [3.05, 3.63) is 34.4 Å². The van der Waals surface area contributed by atoms with E-state index in [1.54, 1.807) is 7.11 Å². The van der Waals surface area contributed by atoms with Crippen molar-refractivity contribution in [2.24, 2.45) is 5.92 Å². The second-order valence-electron chi connectivity index (χ2n) is 5.44. The molecule has 2 rings (SSSR count). The second kappa shape index (κ2) is 7.70. The van der Waals surface area contributed by atoms with Gasteiger partial charge >= 0.3 is 0 Å². The average molecular weight is 294 g/mol. The van der Waals surface area contributed by atoms with Crippen LogP contribution in [0, 0.1) is 5.92 Å². The van der Waals surface area contributed by atoms with Crippen LogP contribution in [-0.2, 0) is 0 Å². The molecule has 0 atom stereocenters. The normalized spacial score (nSPS) is 17.2. The molecule has 3 heteroatoms. The van der Waals surface area contributed by atoms with Crippen LogP contribution in [0.25, 0.3) is 6.08 Å². The van der Waals surface area contributed by atoms with Gasteiger partial charge in [0.1, 0.15) is 5.75 Å². The molecule has 20 heavy (non-hydrogen) atoms. The molecule has 1 aliphatic carbocycles. The number of nitrogens with one attached hydrogen (secondary N) is 1. The van der Waals surface area contributed by atoms with E-state index in [1.165, 1.54) is 37.7 Å². The highest BCUT2D eigenvalue weighted by molar-refractivity contribution is 6.32. The number of halogens is 1. The fourth-order valence-electron chi connectivity index (χ4n) is 3.01. The number of likely N-dealkylation sites (N-methyl/N-ethyl adjacent to an activating group) is 1. The molecule has 0 aromatic heterocycles. The lowest BCUT2D eigenvalue weighted by molar-refractivity contribution is 0.397. The Bertz CT molecular complexity index is 464. The predicted molar refractivity (Wildman–Crippen MR) is 86.5 cm³/mol. The molecule has 1 aromatic rings. The molecule has 0 spiro atoms. The van der Waals surface area contributed by atoms with E-state index in [9.17, 15) is 0 Å². The van der Waals surface area contributed by atoms with Gasteiger partial charge in [-0.3, -0.25) is 0 Å². The van der Waals surface area contributed by atoms with Gasteiger partial charge in [-0.1, -0.05) is 42.5 Å². The number of methoxy groups -OCH3 is 1. The first-order valence-electron chi connectivity index (χ1n) is 7.44. The number of benzene rings is 1. The third-order valence-electron chi connectivity index (χ3n) is 4.07. The van der Waals surface area contributed by atoms with Crippen LogP contribution in [0.1, 0.15) is 37.7 Å². The van der Waals surface area contributed by atoms with Crippen LogP contribution in [0.4, 0.5) is 0 Å². The Labute approximate surface area is 127 Å². The minimum Gasteiger partial charge on any atom is -0.496 e. The molecule has 0 heterocycles. The van der Waals surface area contributed by atoms with E-state index in [0.717, 1.165) is 22.9 Å². The second-order valence-corrected chi connectivity index (χ2v) is 5.85. The molecule has 1 aromatic carbocycles. The summed E-state index contributed by atoms with van der Waals surface area (Å²) in [4.78, 5) is 0. The first kappa shape index (κ1) is 15.4. The zero-order chi connectivity index (χ0) is 14.4. The Kier molecular flexibility index (Phi) is 5.93. The summed E-state index contributed by atoms with van der Waals surface area (Å²) in [7, 11) is 3.70. The fraction of sp³-hybridized carbons (Fsp3) is 0.529. The van der Waals surface area contributed by atoms with Gasteiger partial charge < -0.3 is 10.1 Å². The van der Waals surface area contributed by atoms with Crippen molar-refractivity contribution < 1.29 is 4.74 Å². The molecule has 1 aliphatic rings. The standard InChI is InChI=1S/C17H24ClNO/c1-19-12-14(13-7-4-3-5-8-13)11-15-16(18)9-6-10-17(15)20-2/h6,9-11,13,19H,3-5,7-8,12H2,1-2H3/b14-11-. The Balaban J connectivity index is 2.32. The third-order valence-corrected chi connectivity index (χ3v) is 4.40. The molecule has 1 saturated carbocycles. The van der Waals surface area contributed by atoms with Gasteiger partial charge in [-0.05, 0) is 44.0 Å². The van der Waals surface area contributed by atoms with Crippen LogP contribution >= 0.6 is 11.6 Å². The third kappa shape index (κ3) is 3.77. The van der Waals surface area contributed by atoms with E-state index < -0.39 is 0 Å². The molecular weight excluding hydrogens is 270 g/mol. The molecule has 0 aliphatic heterocycles. The summed E-state index contributed by atoms with van der Waals surface area (Å²) in [5.41, 5.74) is 2.45. The topological polar surface area (TPSA) is 21.3 Å². The quantitative estimate of drug-likeness (QED) is 0.861. The van der Waals surface area contributed by atoms with Gasteiger partial charge in [0.05, 0.1) is 12.1 Å². The van der Waals surface area contributed by atoms with Crippen molar-refractivity contribution in [2.45, 2.75) is 32.1 Å². The maximum Gasteiger partial charge on any atom is 0.127 e. The van der Waals surface area contributed by atoms with E-state index in [-0.39, 0.29) is 0 Å². The van der Waals surface area contributed by atoms with Crippen molar-refractivity contribution in [3.63, 3.8) is 0 Å². The molecule has 110 valence electrons. The molecule has 0 saturated heterocycles. The molecule has 2 nitrogen and oxygen atoms in total. The van der Waals surface area contributed by atoms with Crippen molar-refractivity contribution in [1.29, 1.82) is 0 Å². The Hall–Kier alpha value is -0.990. The summed E-state index contributed by atoms with van der Waals surface area (Å²) in [5.74, 6) is 1.53. The Morgan fingerprint density at radius 1 is 1.35 bits per heavy atom. The van der Waals surface area contributed by atoms with Gasteiger partial charge in [-0.15, -0.1) is 0 Å². The lowest BCUT2D eigenvalue weighted by Gasteiger charge is -2.25. The largest absolute Gasteiger partial charge is 0.496 e. The van der Waals surface area contributed by atoms with Gasteiger partial charge in [0.2, 0.25) is 0 Å². The number of ether oxygens (including phenoxy) is 1. The zero-order valence-corrected chi connectivity index (χ0v) is 13.2. The lowest BCUT2D eigenvalue weighted by atomic mass is 9.83. The average Bonchev–Trinajstić information content (AvgIpc) is 2.49. The fourth-order valence-corrected chi connectivity index (χ4v) is 3.23. The van der Waals surface area contributed by atoms with E-state index in [2.05, 4.69) is 11.4 Å². The van der Waals surface area contributed by atoms with E-state index in [4.69, 9.17) is 16.3 Å². The number of hydrogen-bond donors (Lipinski definition) is 1. The Morgan fingerprint density at radius 2 is 2.10 bits per heavy atom. The molecule has 0 amide bonds. The van der Waals surface area contributed by atoms with Crippen molar-refractivity contribution in [2.75, 3.05) is 20.7 Å². The number of hydrogen-bond acceptors (Lipinski definition) is 2. The highest BCUT2D eigenvalue weighted by atomic mass is 35.5. The summed E-state index contributed by atoms with van der Waals surface area (Å²) in [6, 6.07) is 5.82. The highest BCUT2D eigenvalue weighted by Gasteiger charge is 2.18. The van der Waals surface area contributed by atoms with Crippen LogP contribution < -0.4 is 10.1 Å². The van der Waals surface area contributed by atoms with Gasteiger partial charge in [0.25, 0.3) is 0 Å². The van der Waals surface area contributed by atoms with Crippen molar-refractivity contribution in [3.8, 4) is 5.75 Å². The number of rotatable bonds is 5. The molecule has 1 N–H and O–H groups in total. The van der Waals surface area contributed by atoms with Crippen molar-refractivity contribution >= 4 is 17.7 Å². The monoisotopic (exact) mass is 293 g/mol. The first-order chi connectivity index (χ1) is 9.76. The molecule has 0 unspecified atom stereocenters. The predicted octanol–water partition coefficient (Wildman–Crippen LogP) is 4.53. The summed E-state index contributed by atoms with van der Waals surface area (Å²) in [5, 5.41) is 4.05. The SMILES string of the molecule is CNC/C(=C/c1c(Cl)cccc1OC)C1CCCCC1. The minimum absolute atomic E-state index is 0.678. The summed E-state index contributed by atoms with van der Waals surface area (Å²) in [6.07, 6.45) is 8.86. The van der Waals surface area contributed by atoms with Gasteiger partial charge in [0, 0.05) is 12.1 Å². The minimum atomic E-state index is 0.678. The van der Waals surface area contributed by atoms with Crippen LogP contribution in [0.5, 0.6) is 5.75 Å². The van der Waals surface area contributed by atoms with Crippen LogP contribution in [0.15, 0.2) is 23.8 Å². The zero-order valence-electron chi connectivity index (χ0n) is 12.4. The molecular formula is C17H24ClNO. The van der Waals surface area contributed by atoms with E-state index >= 15 is 0 Å². The highest BCUT2D eigenvalue weighted by Crippen LogP contribution is 2.34. The van der Waals surface area contributed by atoms with E-state index in [1.807, 2.05) is 25.2 Å². The maximum atomic E-state index is 6.35. The van der Waals surface area contributed by atoms with Gasteiger partial charge in [-0.25, -0.2) is 0 Å².